The molecule has 1 fully saturated rings. The van der Waals surface area contributed by atoms with Crippen LogP contribution < -0.4 is 0 Å². The van der Waals surface area contributed by atoms with Gasteiger partial charge in [-0.05, 0) is 55.7 Å². The number of carbonyl (C=O) groups excluding carboxylic acids is 3. The third-order valence-corrected chi connectivity index (χ3v) is 7.22. The molecule has 0 aliphatic heterocycles. The SMILES string of the molecule is CC(=O)OCC(=O)C1=CC[C@H]2[C@@H]3CC(F)C4=CC(=O)C=C[C@]4(C)C3=CC[C@]12C. The number of hydrogen-bond donors (Lipinski definition) is 0. The molecule has 4 aliphatic rings. The van der Waals surface area contributed by atoms with E-state index in [0.29, 0.717) is 30.4 Å². The summed E-state index contributed by atoms with van der Waals surface area (Å²) in [4.78, 5) is 35.5. The van der Waals surface area contributed by atoms with Crippen molar-refractivity contribution < 1.29 is 23.5 Å². The predicted molar refractivity (Wildman–Crippen MR) is 102 cm³/mol. The second-order valence-electron chi connectivity index (χ2n) is 8.79. The normalized spacial score (nSPS) is 38.5. The largest absolute Gasteiger partial charge is 0.457 e. The molecule has 0 spiro atoms. The van der Waals surface area contributed by atoms with Crippen molar-refractivity contribution in [3.05, 3.63) is 47.1 Å². The summed E-state index contributed by atoms with van der Waals surface area (Å²) in [5, 5.41) is 0. The van der Waals surface area contributed by atoms with Crippen molar-refractivity contribution in [1.29, 1.82) is 0 Å². The molecule has 0 amide bonds. The Morgan fingerprint density at radius 1 is 1.25 bits per heavy atom. The Bertz CT molecular complexity index is 892. The van der Waals surface area contributed by atoms with Gasteiger partial charge in [-0.3, -0.25) is 14.4 Å². The van der Waals surface area contributed by atoms with E-state index in [1.807, 2.05) is 19.1 Å². The highest BCUT2D eigenvalue weighted by Crippen LogP contribution is 2.62. The minimum absolute atomic E-state index is 0.0176. The zero-order chi connectivity index (χ0) is 20.3. The quantitative estimate of drug-likeness (QED) is 0.548. The molecule has 0 saturated heterocycles. The lowest BCUT2D eigenvalue weighted by Crippen LogP contribution is -2.46. The minimum Gasteiger partial charge on any atom is -0.457 e. The molecule has 5 atom stereocenters. The number of alkyl halides is 1. The third-order valence-electron chi connectivity index (χ3n) is 7.22. The summed E-state index contributed by atoms with van der Waals surface area (Å²) >= 11 is 0. The Labute approximate surface area is 164 Å². The first-order chi connectivity index (χ1) is 13.2. The average Bonchev–Trinajstić information content (AvgIpc) is 2.99. The zero-order valence-electron chi connectivity index (χ0n) is 16.5. The summed E-state index contributed by atoms with van der Waals surface area (Å²) in [7, 11) is 0. The molecule has 0 aromatic heterocycles. The van der Waals surface area contributed by atoms with Gasteiger partial charge in [-0.25, -0.2) is 4.39 Å². The number of esters is 1. The lowest BCUT2D eigenvalue weighted by atomic mass is 9.52. The lowest BCUT2D eigenvalue weighted by molar-refractivity contribution is -0.145. The number of carbonyl (C=O) groups is 3. The second-order valence-corrected chi connectivity index (χ2v) is 8.79. The highest BCUT2D eigenvalue weighted by Gasteiger charge is 2.56. The Morgan fingerprint density at radius 3 is 2.71 bits per heavy atom. The van der Waals surface area contributed by atoms with Gasteiger partial charge < -0.3 is 4.74 Å². The van der Waals surface area contributed by atoms with E-state index in [2.05, 4.69) is 13.0 Å². The molecule has 4 rings (SSSR count). The van der Waals surface area contributed by atoms with Gasteiger partial charge >= 0.3 is 5.97 Å². The molecule has 148 valence electrons. The topological polar surface area (TPSA) is 60.4 Å². The second kappa shape index (κ2) is 6.36. The van der Waals surface area contributed by atoms with Gasteiger partial charge in [0.25, 0.3) is 0 Å². The van der Waals surface area contributed by atoms with Gasteiger partial charge in [-0.2, -0.15) is 0 Å². The number of ether oxygens (including phenoxy) is 1. The first kappa shape index (κ1) is 19.0. The van der Waals surface area contributed by atoms with Crippen LogP contribution in [0.1, 0.15) is 40.0 Å². The fourth-order valence-electron chi connectivity index (χ4n) is 5.79. The van der Waals surface area contributed by atoms with Crippen LogP contribution in [0.25, 0.3) is 0 Å². The van der Waals surface area contributed by atoms with E-state index in [0.717, 1.165) is 0 Å². The van der Waals surface area contributed by atoms with Crippen molar-refractivity contribution in [3.63, 3.8) is 0 Å². The zero-order valence-corrected chi connectivity index (χ0v) is 16.5. The molecule has 4 nitrogen and oxygen atoms in total. The molecule has 0 heterocycles. The fourth-order valence-corrected chi connectivity index (χ4v) is 5.79. The summed E-state index contributed by atoms with van der Waals surface area (Å²) in [6.07, 6.45) is 9.51. The van der Waals surface area contributed by atoms with Crippen LogP contribution >= 0.6 is 0 Å². The van der Waals surface area contributed by atoms with E-state index in [4.69, 9.17) is 4.74 Å². The standard InChI is InChI=1S/C23H25FO4/c1-13(25)28-12-21(27)18-5-4-16-15-11-20(24)19-10-14(26)6-8-23(19,3)17(15)7-9-22(16,18)2/h5-8,10,15-16,20H,4,9,11-12H2,1-3H3/t15-,16-,20?,22-,23+/m0/s1. The van der Waals surface area contributed by atoms with Crippen LogP contribution in [0.15, 0.2) is 47.1 Å². The molecule has 4 aliphatic carbocycles. The van der Waals surface area contributed by atoms with Gasteiger partial charge in [0.1, 0.15) is 6.17 Å². The van der Waals surface area contributed by atoms with Crippen molar-refractivity contribution in [3.8, 4) is 0 Å². The number of fused-ring (bicyclic) bond motifs is 5. The maximum absolute atomic E-state index is 15.1. The van der Waals surface area contributed by atoms with Gasteiger partial charge in [0, 0.05) is 23.3 Å². The highest BCUT2D eigenvalue weighted by atomic mass is 19.1. The van der Waals surface area contributed by atoms with Gasteiger partial charge in [-0.15, -0.1) is 0 Å². The van der Waals surface area contributed by atoms with Crippen LogP contribution in [0, 0.1) is 22.7 Å². The van der Waals surface area contributed by atoms with E-state index in [1.54, 1.807) is 0 Å². The van der Waals surface area contributed by atoms with E-state index in [-0.39, 0.29) is 35.4 Å². The number of allylic oxidation sites excluding steroid dienone is 7. The lowest BCUT2D eigenvalue weighted by Gasteiger charge is -2.52. The highest BCUT2D eigenvalue weighted by molar-refractivity contribution is 6.02. The first-order valence-corrected chi connectivity index (χ1v) is 9.84. The van der Waals surface area contributed by atoms with Gasteiger partial charge in [0.2, 0.25) is 0 Å². The molecule has 5 heteroatoms. The van der Waals surface area contributed by atoms with Crippen molar-refractivity contribution in [2.24, 2.45) is 22.7 Å². The molecule has 0 bridgehead atoms. The molecule has 0 N–H and O–H groups in total. The van der Waals surface area contributed by atoms with E-state index in [1.165, 1.54) is 24.6 Å². The molecular formula is C23H25FO4. The van der Waals surface area contributed by atoms with Crippen molar-refractivity contribution in [1.82, 2.24) is 0 Å². The summed E-state index contributed by atoms with van der Waals surface area (Å²) in [6, 6.07) is 0. The Morgan fingerprint density at radius 2 is 2.00 bits per heavy atom. The Kier molecular flexibility index (Phi) is 4.32. The van der Waals surface area contributed by atoms with Crippen LogP contribution in [0.5, 0.6) is 0 Å². The van der Waals surface area contributed by atoms with Gasteiger partial charge in [0.15, 0.2) is 18.2 Å². The number of hydrogen-bond acceptors (Lipinski definition) is 4. The summed E-state index contributed by atoms with van der Waals surface area (Å²) in [5.74, 6) is -0.649. The van der Waals surface area contributed by atoms with E-state index < -0.39 is 17.6 Å². The maximum atomic E-state index is 15.1. The Hall–Kier alpha value is -2.30. The number of rotatable bonds is 3. The van der Waals surface area contributed by atoms with Crippen LogP contribution in [0.3, 0.4) is 0 Å². The van der Waals surface area contributed by atoms with Crippen molar-refractivity contribution >= 4 is 17.5 Å². The van der Waals surface area contributed by atoms with E-state index in [9.17, 15) is 14.4 Å². The smallest absolute Gasteiger partial charge is 0.303 e. The van der Waals surface area contributed by atoms with Crippen molar-refractivity contribution in [2.75, 3.05) is 6.61 Å². The molecule has 28 heavy (non-hydrogen) atoms. The molecule has 0 radical (unpaired) electrons. The third kappa shape index (κ3) is 2.66. The summed E-state index contributed by atoms with van der Waals surface area (Å²) in [5.41, 5.74) is 1.48. The molecule has 0 aromatic rings. The monoisotopic (exact) mass is 384 g/mol. The van der Waals surface area contributed by atoms with E-state index >= 15 is 4.39 Å². The maximum Gasteiger partial charge on any atom is 0.303 e. The summed E-state index contributed by atoms with van der Waals surface area (Å²) in [6.45, 7) is 5.10. The van der Waals surface area contributed by atoms with Crippen LogP contribution in [0.2, 0.25) is 0 Å². The summed E-state index contributed by atoms with van der Waals surface area (Å²) < 4.78 is 20.0. The van der Waals surface area contributed by atoms with Gasteiger partial charge in [-0.1, -0.05) is 30.7 Å². The van der Waals surface area contributed by atoms with Gasteiger partial charge in [0.05, 0.1) is 0 Å². The Balaban J connectivity index is 1.67. The van der Waals surface area contributed by atoms with Crippen molar-refractivity contribution in [2.45, 2.75) is 46.2 Å². The molecular weight excluding hydrogens is 359 g/mol. The van der Waals surface area contributed by atoms with Crippen LogP contribution in [-0.2, 0) is 19.1 Å². The number of halogens is 1. The first-order valence-electron chi connectivity index (χ1n) is 9.84. The van der Waals surface area contributed by atoms with Crippen LogP contribution in [-0.4, -0.2) is 30.3 Å². The number of ketones is 2. The fraction of sp³-hybridized carbons (Fsp3) is 0.522. The molecule has 1 unspecified atom stereocenters. The average molecular weight is 384 g/mol. The predicted octanol–water partition coefficient (Wildman–Crippen LogP) is 3.83. The minimum atomic E-state index is -1.16. The molecule has 1 saturated carbocycles. The molecule has 0 aromatic carbocycles. The van der Waals surface area contributed by atoms with Crippen LogP contribution in [0.4, 0.5) is 4.39 Å². The number of Topliss-reactive ketones (excluding diaryl/α,β-unsaturated/α-hetero) is 1.